The lowest BCUT2D eigenvalue weighted by molar-refractivity contribution is -0.139. The number of hydrogen-bond acceptors (Lipinski definition) is 6. The van der Waals surface area contributed by atoms with Crippen molar-refractivity contribution in [2.24, 2.45) is 5.73 Å². The van der Waals surface area contributed by atoms with Crippen LogP contribution < -0.4 is 10.5 Å². The minimum Gasteiger partial charge on any atom is -0.496 e. The van der Waals surface area contributed by atoms with E-state index in [1.807, 2.05) is 0 Å². The normalized spacial score (nSPS) is 17.1. The van der Waals surface area contributed by atoms with E-state index in [1.54, 1.807) is 6.07 Å². The van der Waals surface area contributed by atoms with Gasteiger partial charge in [0.1, 0.15) is 29.0 Å². The van der Waals surface area contributed by atoms with Crippen LogP contribution in [0, 0.1) is 17.1 Å². The number of nitrogens with zero attached hydrogens (tertiary/aromatic N) is 1. The molecular formula is C18H16F4N2O4. The second-order valence-corrected chi connectivity index (χ2v) is 5.65. The molecule has 1 aliphatic heterocycles. The van der Waals surface area contributed by atoms with Crippen LogP contribution >= 0.6 is 0 Å². The van der Waals surface area contributed by atoms with Crippen LogP contribution in [0.1, 0.15) is 30.9 Å². The molecular weight excluding hydrogens is 384 g/mol. The van der Waals surface area contributed by atoms with E-state index in [0.29, 0.717) is 12.1 Å². The number of nitriles is 1. The molecule has 150 valence electrons. The molecule has 2 N–H and O–H groups in total. The van der Waals surface area contributed by atoms with E-state index in [4.69, 9.17) is 19.9 Å². The van der Waals surface area contributed by atoms with Crippen molar-refractivity contribution in [3.05, 3.63) is 51.9 Å². The first kappa shape index (κ1) is 21.1. The number of methoxy groups -OCH3 is 1. The van der Waals surface area contributed by atoms with Crippen molar-refractivity contribution in [2.45, 2.75) is 25.9 Å². The third-order valence-electron chi connectivity index (χ3n) is 4.04. The Morgan fingerprint density at radius 2 is 2.04 bits per heavy atom. The number of rotatable bonds is 4. The van der Waals surface area contributed by atoms with Crippen molar-refractivity contribution in [3.8, 4) is 11.8 Å². The van der Waals surface area contributed by atoms with Crippen LogP contribution in [-0.4, -0.2) is 19.7 Å². The zero-order chi connectivity index (χ0) is 21.2. The summed E-state index contributed by atoms with van der Waals surface area (Å²) in [4.78, 5) is 12.4. The van der Waals surface area contributed by atoms with Crippen molar-refractivity contribution in [1.82, 2.24) is 0 Å². The van der Waals surface area contributed by atoms with Gasteiger partial charge in [-0.05, 0) is 26.0 Å². The summed E-state index contributed by atoms with van der Waals surface area (Å²) in [6.45, 7) is 2.75. The Bertz CT molecular complexity index is 913. The van der Waals surface area contributed by atoms with Gasteiger partial charge in [0, 0.05) is 5.56 Å². The molecule has 0 bridgehead atoms. The van der Waals surface area contributed by atoms with Gasteiger partial charge in [0.15, 0.2) is 0 Å². The third kappa shape index (κ3) is 3.60. The molecule has 0 aliphatic carbocycles. The van der Waals surface area contributed by atoms with E-state index in [9.17, 15) is 27.6 Å². The summed E-state index contributed by atoms with van der Waals surface area (Å²) in [5, 5.41) is 9.46. The van der Waals surface area contributed by atoms with Crippen molar-refractivity contribution >= 4 is 5.97 Å². The summed E-state index contributed by atoms with van der Waals surface area (Å²) in [5.41, 5.74) is 2.96. The van der Waals surface area contributed by atoms with Crippen LogP contribution in [0.5, 0.6) is 5.75 Å². The second kappa shape index (κ2) is 7.80. The largest absolute Gasteiger partial charge is 0.496 e. The third-order valence-corrected chi connectivity index (χ3v) is 4.04. The predicted octanol–water partition coefficient (Wildman–Crippen LogP) is 3.50. The van der Waals surface area contributed by atoms with Gasteiger partial charge in [-0.3, -0.25) is 0 Å². The summed E-state index contributed by atoms with van der Waals surface area (Å²) in [6, 6.07) is 2.76. The van der Waals surface area contributed by atoms with Gasteiger partial charge in [-0.15, -0.1) is 0 Å². The fraction of sp³-hybridized carbons (Fsp3) is 0.333. The highest BCUT2D eigenvalue weighted by Crippen LogP contribution is 2.48. The maximum Gasteiger partial charge on any atom is 0.419 e. The molecule has 0 saturated carbocycles. The summed E-state index contributed by atoms with van der Waals surface area (Å²) >= 11 is 0. The van der Waals surface area contributed by atoms with E-state index in [1.165, 1.54) is 13.8 Å². The number of halogens is 4. The standard InChI is InChI=1S/C18H16F4N2O4/c1-4-27-17(25)12-8(2)28-16(24)9(7-23)13(12)14-11(19)6-5-10(15(14)26-3)18(20,21)22/h5-6,13H,4,24H2,1-3H3. The van der Waals surface area contributed by atoms with Crippen LogP contribution in [-0.2, 0) is 20.4 Å². The van der Waals surface area contributed by atoms with Crippen LogP contribution in [0.3, 0.4) is 0 Å². The van der Waals surface area contributed by atoms with E-state index >= 15 is 0 Å². The lowest BCUT2D eigenvalue weighted by atomic mass is 9.81. The first-order chi connectivity index (χ1) is 13.1. The van der Waals surface area contributed by atoms with Crippen molar-refractivity contribution < 1.29 is 36.6 Å². The minimum atomic E-state index is -4.87. The van der Waals surface area contributed by atoms with Crippen molar-refractivity contribution in [3.63, 3.8) is 0 Å². The predicted molar refractivity (Wildman–Crippen MR) is 87.9 cm³/mol. The van der Waals surface area contributed by atoms with Crippen molar-refractivity contribution in [2.75, 3.05) is 13.7 Å². The number of benzene rings is 1. The van der Waals surface area contributed by atoms with Crippen LogP contribution in [0.15, 0.2) is 34.9 Å². The molecule has 1 atom stereocenters. The molecule has 1 aromatic carbocycles. The highest BCUT2D eigenvalue weighted by molar-refractivity contribution is 5.93. The zero-order valence-electron chi connectivity index (χ0n) is 15.1. The average molecular weight is 400 g/mol. The van der Waals surface area contributed by atoms with Gasteiger partial charge in [-0.25, -0.2) is 9.18 Å². The zero-order valence-corrected chi connectivity index (χ0v) is 15.1. The number of hydrogen-bond donors (Lipinski definition) is 1. The Balaban J connectivity index is 2.89. The fourth-order valence-corrected chi connectivity index (χ4v) is 2.93. The molecule has 0 amide bonds. The highest BCUT2D eigenvalue weighted by Gasteiger charge is 2.43. The molecule has 1 aromatic rings. The molecule has 1 unspecified atom stereocenters. The minimum absolute atomic E-state index is 0.0639. The van der Waals surface area contributed by atoms with Gasteiger partial charge in [-0.1, -0.05) is 0 Å². The van der Waals surface area contributed by atoms with Crippen LogP contribution in [0.25, 0.3) is 0 Å². The fourth-order valence-electron chi connectivity index (χ4n) is 2.93. The molecule has 2 rings (SSSR count). The molecule has 0 saturated heterocycles. The smallest absolute Gasteiger partial charge is 0.419 e. The van der Waals surface area contributed by atoms with E-state index < -0.39 is 52.2 Å². The number of nitrogens with two attached hydrogens (primary N) is 1. The van der Waals surface area contributed by atoms with Gasteiger partial charge in [0.2, 0.25) is 5.88 Å². The van der Waals surface area contributed by atoms with Crippen LogP contribution in [0.2, 0.25) is 0 Å². The average Bonchev–Trinajstić information content (AvgIpc) is 2.59. The van der Waals surface area contributed by atoms with Gasteiger partial charge >= 0.3 is 12.1 Å². The Morgan fingerprint density at radius 3 is 2.54 bits per heavy atom. The summed E-state index contributed by atoms with van der Waals surface area (Å²) in [5.74, 6) is -5.16. The molecule has 0 radical (unpaired) electrons. The molecule has 0 fully saturated rings. The molecule has 0 aromatic heterocycles. The quantitative estimate of drug-likeness (QED) is 0.614. The maximum atomic E-state index is 14.7. The van der Waals surface area contributed by atoms with Gasteiger partial charge < -0.3 is 19.9 Å². The topological polar surface area (TPSA) is 94.6 Å². The second-order valence-electron chi connectivity index (χ2n) is 5.65. The number of allylic oxidation sites excluding steroid dienone is 2. The number of carbonyl (C=O) groups excluding carboxylic acids is 1. The molecule has 1 heterocycles. The van der Waals surface area contributed by atoms with Gasteiger partial charge in [0.25, 0.3) is 0 Å². The number of carbonyl (C=O) groups is 1. The number of alkyl halides is 3. The Hall–Kier alpha value is -3.22. The first-order valence-corrected chi connectivity index (χ1v) is 7.97. The summed E-state index contributed by atoms with van der Waals surface area (Å²) in [6.07, 6.45) is -4.87. The van der Waals surface area contributed by atoms with Crippen molar-refractivity contribution in [1.29, 1.82) is 5.26 Å². The first-order valence-electron chi connectivity index (χ1n) is 7.97. The molecule has 0 spiro atoms. The Kier molecular flexibility index (Phi) is 5.87. The Labute approximate surface area is 157 Å². The summed E-state index contributed by atoms with van der Waals surface area (Å²) in [7, 11) is 0.923. The highest BCUT2D eigenvalue weighted by atomic mass is 19.4. The van der Waals surface area contributed by atoms with Gasteiger partial charge in [0.05, 0.1) is 30.8 Å². The van der Waals surface area contributed by atoms with E-state index in [0.717, 1.165) is 7.11 Å². The number of esters is 1. The monoisotopic (exact) mass is 400 g/mol. The molecule has 1 aliphatic rings. The van der Waals surface area contributed by atoms with E-state index in [-0.39, 0.29) is 17.9 Å². The van der Waals surface area contributed by atoms with Gasteiger partial charge in [-0.2, -0.15) is 18.4 Å². The molecule has 28 heavy (non-hydrogen) atoms. The summed E-state index contributed by atoms with van der Waals surface area (Å²) < 4.78 is 69.8. The maximum absolute atomic E-state index is 14.7. The molecule has 6 nitrogen and oxygen atoms in total. The Morgan fingerprint density at radius 1 is 1.39 bits per heavy atom. The number of ether oxygens (including phenoxy) is 3. The lowest BCUT2D eigenvalue weighted by Crippen LogP contribution is -2.27. The SMILES string of the molecule is CCOC(=O)C1=C(C)OC(N)=C(C#N)C1c1c(F)ccc(C(F)(F)F)c1OC. The van der Waals surface area contributed by atoms with E-state index in [2.05, 4.69) is 0 Å². The molecule has 10 heteroatoms. The lowest BCUT2D eigenvalue weighted by Gasteiger charge is -2.28. The van der Waals surface area contributed by atoms with Crippen LogP contribution in [0.4, 0.5) is 17.6 Å².